The van der Waals surface area contributed by atoms with Crippen LogP contribution in [0.15, 0.2) is 24.3 Å². The Balaban J connectivity index is 1.82. The van der Waals surface area contributed by atoms with Crippen LogP contribution in [0.1, 0.15) is 44.7 Å². The summed E-state index contributed by atoms with van der Waals surface area (Å²) in [6, 6.07) is 9.36. The lowest BCUT2D eigenvalue weighted by atomic mass is 9.93. The van der Waals surface area contributed by atoms with Crippen LogP contribution in [-0.2, 0) is 17.8 Å². The minimum Gasteiger partial charge on any atom is -0.342 e. The fourth-order valence-electron chi connectivity index (χ4n) is 3.04. The first-order valence-electron chi connectivity index (χ1n) is 8.23. The van der Waals surface area contributed by atoms with Crippen LogP contribution >= 0.6 is 0 Å². The van der Waals surface area contributed by atoms with E-state index in [2.05, 4.69) is 43.4 Å². The van der Waals surface area contributed by atoms with Gasteiger partial charge in [0.05, 0.1) is 0 Å². The van der Waals surface area contributed by atoms with E-state index in [4.69, 9.17) is 0 Å². The molecule has 1 heterocycles. The lowest BCUT2D eigenvalue weighted by Crippen LogP contribution is -2.49. The molecule has 1 amide bonds. The molecular formula is C18H28N2O. The normalized spacial score (nSPS) is 22.3. The Labute approximate surface area is 128 Å². The van der Waals surface area contributed by atoms with Crippen molar-refractivity contribution in [3.63, 3.8) is 0 Å². The Kier molecular flexibility index (Phi) is 5.80. The molecule has 1 saturated heterocycles. The van der Waals surface area contributed by atoms with Crippen LogP contribution in [-0.4, -0.2) is 29.9 Å². The maximum absolute atomic E-state index is 11.8. The third-order valence-corrected chi connectivity index (χ3v) is 4.56. The van der Waals surface area contributed by atoms with Crippen molar-refractivity contribution >= 4 is 5.91 Å². The predicted octanol–water partition coefficient (Wildman–Crippen LogP) is 2.99. The molecule has 0 radical (unpaired) electrons. The van der Waals surface area contributed by atoms with Gasteiger partial charge in [-0.1, -0.05) is 45.0 Å². The van der Waals surface area contributed by atoms with Crippen molar-refractivity contribution in [1.29, 1.82) is 0 Å². The van der Waals surface area contributed by atoms with Crippen LogP contribution in [0.3, 0.4) is 0 Å². The highest BCUT2D eigenvalue weighted by Crippen LogP contribution is 2.18. The average molecular weight is 288 g/mol. The van der Waals surface area contributed by atoms with Crippen LogP contribution in [0.4, 0.5) is 0 Å². The van der Waals surface area contributed by atoms with Gasteiger partial charge in [0.1, 0.15) is 0 Å². The zero-order valence-electron chi connectivity index (χ0n) is 13.6. The molecule has 21 heavy (non-hydrogen) atoms. The SMILES string of the molecule is CCC(=O)N1CC[C@@H](NCc2ccc(CC)cc2)[C@H](C)C1. The molecule has 0 unspecified atom stereocenters. The summed E-state index contributed by atoms with van der Waals surface area (Å²) in [6.07, 6.45) is 2.77. The number of hydrogen-bond acceptors (Lipinski definition) is 2. The highest BCUT2D eigenvalue weighted by atomic mass is 16.2. The van der Waals surface area contributed by atoms with E-state index in [9.17, 15) is 4.79 Å². The Hall–Kier alpha value is -1.35. The highest BCUT2D eigenvalue weighted by molar-refractivity contribution is 5.75. The minimum absolute atomic E-state index is 0.287. The lowest BCUT2D eigenvalue weighted by Gasteiger charge is -2.37. The number of rotatable bonds is 5. The van der Waals surface area contributed by atoms with Gasteiger partial charge in [0.2, 0.25) is 5.91 Å². The summed E-state index contributed by atoms with van der Waals surface area (Å²) < 4.78 is 0. The first kappa shape index (κ1) is 16.0. The smallest absolute Gasteiger partial charge is 0.222 e. The van der Waals surface area contributed by atoms with E-state index in [1.807, 2.05) is 11.8 Å². The Bertz CT molecular complexity index is 455. The van der Waals surface area contributed by atoms with E-state index >= 15 is 0 Å². The standard InChI is InChI=1S/C18H28N2O/c1-4-15-6-8-16(9-7-15)12-19-17-10-11-20(13-14(17)3)18(21)5-2/h6-9,14,17,19H,4-5,10-13H2,1-3H3/t14-,17-/m1/s1. The lowest BCUT2D eigenvalue weighted by molar-refractivity contribution is -0.132. The summed E-state index contributed by atoms with van der Waals surface area (Å²) in [6.45, 7) is 9.06. The number of amides is 1. The topological polar surface area (TPSA) is 32.3 Å². The van der Waals surface area contributed by atoms with Crippen LogP contribution in [0.5, 0.6) is 0 Å². The Morgan fingerprint density at radius 1 is 1.24 bits per heavy atom. The molecule has 1 aliphatic heterocycles. The van der Waals surface area contributed by atoms with Gasteiger partial charge < -0.3 is 10.2 Å². The summed E-state index contributed by atoms with van der Waals surface area (Å²) in [5, 5.41) is 3.66. The van der Waals surface area contributed by atoms with Crippen LogP contribution < -0.4 is 5.32 Å². The number of carbonyl (C=O) groups excluding carboxylic acids is 1. The molecule has 0 aromatic heterocycles. The van der Waals surface area contributed by atoms with Crippen molar-refractivity contribution in [2.24, 2.45) is 5.92 Å². The first-order chi connectivity index (χ1) is 10.1. The van der Waals surface area contributed by atoms with Crippen LogP contribution in [0.25, 0.3) is 0 Å². The molecule has 1 aromatic carbocycles. The molecule has 1 aliphatic rings. The molecule has 0 saturated carbocycles. The van der Waals surface area contributed by atoms with Crippen molar-refractivity contribution in [1.82, 2.24) is 10.2 Å². The minimum atomic E-state index is 0.287. The molecule has 1 N–H and O–H groups in total. The summed E-state index contributed by atoms with van der Waals surface area (Å²) in [5.74, 6) is 0.805. The van der Waals surface area contributed by atoms with Gasteiger partial charge in [0, 0.05) is 32.1 Å². The molecular weight excluding hydrogens is 260 g/mol. The first-order valence-corrected chi connectivity index (χ1v) is 8.23. The number of nitrogens with one attached hydrogen (secondary N) is 1. The molecule has 1 fully saturated rings. The van der Waals surface area contributed by atoms with E-state index in [-0.39, 0.29) is 5.91 Å². The summed E-state index contributed by atoms with van der Waals surface area (Å²) in [4.78, 5) is 13.8. The van der Waals surface area contributed by atoms with E-state index in [1.165, 1.54) is 11.1 Å². The number of benzene rings is 1. The zero-order chi connectivity index (χ0) is 15.2. The number of piperidine rings is 1. The Morgan fingerprint density at radius 2 is 1.90 bits per heavy atom. The van der Waals surface area contributed by atoms with Crippen molar-refractivity contribution < 1.29 is 4.79 Å². The molecule has 0 spiro atoms. The maximum atomic E-state index is 11.8. The zero-order valence-corrected chi connectivity index (χ0v) is 13.6. The third kappa shape index (κ3) is 4.31. The second-order valence-electron chi connectivity index (χ2n) is 6.12. The summed E-state index contributed by atoms with van der Waals surface area (Å²) in [7, 11) is 0. The van der Waals surface area contributed by atoms with Crippen LogP contribution in [0.2, 0.25) is 0 Å². The predicted molar refractivity (Wildman–Crippen MR) is 87.1 cm³/mol. The van der Waals surface area contributed by atoms with Gasteiger partial charge in [0.25, 0.3) is 0 Å². The van der Waals surface area contributed by atoms with Gasteiger partial charge in [-0.3, -0.25) is 4.79 Å². The molecule has 0 aliphatic carbocycles. The number of nitrogens with zero attached hydrogens (tertiary/aromatic N) is 1. The molecule has 3 nitrogen and oxygen atoms in total. The van der Waals surface area contributed by atoms with Gasteiger partial charge in [0.15, 0.2) is 0 Å². The van der Waals surface area contributed by atoms with Gasteiger partial charge in [-0.05, 0) is 29.9 Å². The maximum Gasteiger partial charge on any atom is 0.222 e. The average Bonchev–Trinajstić information content (AvgIpc) is 2.53. The van der Waals surface area contributed by atoms with Gasteiger partial charge in [-0.15, -0.1) is 0 Å². The van der Waals surface area contributed by atoms with E-state index < -0.39 is 0 Å². The second-order valence-corrected chi connectivity index (χ2v) is 6.12. The molecule has 1 aromatic rings. The number of carbonyl (C=O) groups is 1. The van der Waals surface area contributed by atoms with Gasteiger partial charge >= 0.3 is 0 Å². The van der Waals surface area contributed by atoms with E-state index in [1.54, 1.807) is 0 Å². The molecule has 3 heteroatoms. The highest BCUT2D eigenvalue weighted by Gasteiger charge is 2.27. The van der Waals surface area contributed by atoms with Crippen molar-refractivity contribution in [2.75, 3.05) is 13.1 Å². The molecule has 2 rings (SSSR count). The monoisotopic (exact) mass is 288 g/mol. The summed E-state index contributed by atoms with van der Waals surface area (Å²) in [5.41, 5.74) is 2.73. The van der Waals surface area contributed by atoms with Crippen molar-refractivity contribution in [2.45, 2.75) is 52.6 Å². The number of aryl methyl sites for hydroxylation is 1. The van der Waals surface area contributed by atoms with Gasteiger partial charge in [-0.2, -0.15) is 0 Å². The van der Waals surface area contributed by atoms with E-state index in [0.717, 1.165) is 32.5 Å². The molecule has 2 atom stereocenters. The number of hydrogen-bond donors (Lipinski definition) is 1. The fraction of sp³-hybridized carbons (Fsp3) is 0.611. The Morgan fingerprint density at radius 3 is 2.48 bits per heavy atom. The molecule has 116 valence electrons. The number of likely N-dealkylation sites (tertiary alicyclic amines) is 1. The van der Waals surface area contributed by atoms with Crippen molar-refractivity contribution in [3.8, 4) is 0 Å². The fourth-order valence-corrected chi connectivity index (χ4v) is 3.04. The quantitative estimate of drug-likeness (QED) is 0.903. The van der Waals surface area contributed by atoms with Gasteiger partial charge in [-0.25, -0.2) is 0 Å². The van der Waals surface area contributed by atoms with Crippen molar-refractivity contribution in [3.05, 3.63) is 35.4 Å². The second kappa shape index (κ2) is 7.60. The van der Waals surface area contributed by atoms with E-state index in [0.29, 0.717) is 18.4 Å². The molecule has 0 bridgehead atoms. The third-order valence-electron chi connectivity index (χ3n) is 4.56. The summed E-state index contributed by atoms with van der Waals surface area (Å²) >= 11 is 0. The largest absolute Gasteiger partial charge is 0.342 e. The van der Waals surface area contributed by atoms with Crippen LogP contribution in [0, 0.1) is 5.92 Å².